The highest BCUT2D eigenvalue weighted by Gasteiger charge is 2.17. The molecule has 1 heterocycles. The minimum absolute atomic E-state index is 0.162. The summed E-state index contributed by atoms with van der Waals surface area (Å²) in [4.78, 5) is 15.9. The molecule has 1 unspecified atom stereocenters. The minimum Gasteiger partial charge on any atom is -0.481 e. The van der Waals surface area contributed by atoms with Crippen LogP contribution >= 0.6 is 11.3 Å². The average molecular weight is 527 g/mol. The summed E-state index contributed by atoms with van der Waals surface area (Å²) < 4.78 is 0. The Morgan fingerprint density at radius 2 is 1.97 bits per heavy atom. The Morgan fingerprint density at radius 1 is 1.13 bits per heavy atom. The van der Waals surface area contributed by atoms with Crippen molar-refractivity contribution in [2.24, 2.45) is 5.92 Å². The Bertz CT molecular complexity index is 1290. The monoisotopic (exact) mass is 526 g/mol. The van der Waals surface area contributed by atoms with Gasteiger partial charge in [0.25, 0.3) is 0 Å². The van der Waals surface area contributed by atoms with Crippen molar-refractivity contribution in [1.82, 2.24) is 10.3 Å². The van der Waals surface area contributed by atoms with Gasteiger partial charge in [-0.3, -0.25) is 4.79 Å². The van der Waals surface area contributed by atoms with Crippen LogP contribution in [0.25, 0.3) is 11.3 Å². The van der Waals surface area contributed by atoms with E-state index in [9.17, 15) is 4.79 Å². The Balaban J connectivity index is 1.39. The third-order valence-corrected chi connectivity index (χ3v) is 8.02. The fourth-order valence-electron chi connectivity index (χ4n) is 4.89. The van der Waals surface area contributed by atoms with Crippen molar-refractivity contribution in [3.05, 3.63) is 111 Å². The van der Waals surface area contributed by atoms with Gasteiger partial charge in [-0.05, 0) is 49.3 Å². The van der Waals surface area contributed by atoms with Crippen molar-refractivity contribution >= 4 is 17.3 Å². The molecule has 2 aliphatic rings. The van der Waals surface area contributed by atoms with Gasteiger partial charge in [-0.25, -0.2) is 4.98 Å². The number of hydrogen-bond donors (Lipinski definition) is 2. The Hall–Kier alpha value is -3.44. The first-order chi connectivity index (χ1) is 18.5. The number of nitrogens with zero attached hydrogens (tertiary/aromatic N) is 1. The quantitative estimate of drug-likeness (QED) is 0.293. The van der Waals surface area contributed by atoms with Crippen LogP contribution in [0.2, 0.25) is 0 Å². The molecule has 38 heavy (non-hydrogen) atoms. The van der Waals surface area contributed by atoms with Gasteiger partial charge in [-0.2, -0.15) is 0 Å². The summed E-state index contributed by atoms with van der Waals surface area (Å²) in [5.41, 5.74) is 8.41. The number of carboxylic acid groups (broad SMARTS) is 1. The van der Waals surface area contributed by atoms with Crippen LogP contribution in [-0.2, 0) is 11.2 Å². The van der Waals surface area contributed by atoms with Gasteiger partial charge in [0.1, 0.15) is 0 Å². The molecule has 0 fully saturated rings. The van der Waals surface area contributed by atoms with Gasteiger partial charge in [0.2, 0.25) is 0 Å². The predicted octanol–water partition coefficient (Wildman–Crippen LogP) is 8.20. The summed E-state index contributed by atoms with van der Waals surface area (Å²) >= 11 is 1.77. The molecule has 5 heteroatoms. The summed E-state index contributed by atoms with van der Waals surface area (Å²) in [5.74, 6) is -0.260. The molecule has 2 N–H and O–H groups in total. The molecule has 4 rings (SSSR count). The van der Waals surface area contributed by atoms with Gasteiger partial charge in [-0.15, -0.1) is 11.3 Å². The molecule has 0 aliphatic heterocycles. The molecule has 0 spiro atoms. The molecule has 0 radical (unpaired) electrons. The van der Waals surface area contributed by atoms with E-state index in [0.717, 1.165) is 55.6 Å². The van der Waals surface area contributed by atoms with Crippen LogP contribution < -0.4 is 5.32 Å². The van der Waals surface area contributed by atoms with Crippen molar-refractivity contribution in [1.29, 1.82) is 0 Å². The SMILES string of the molecule is CCCC(Cc1nc(-c2ccccc2)cs1)C1=CC=C(CNC2=CC=C(CCC(=O)O)C(C)=CC2)C=CC1. The highest BCUT2D eigenvalue weighted by atomic mass is 32.1. The summed E-state index contributed by atoms with van der Waals surface area (Å²) in [6.07, 6.45) is 21.3. The van der Waals surface area contributed by atoms with E-state index in [0.29, 0.717) is 12.3 Å². The molecular weight excluding hydrogens is 488 g/mol. The number of thiazole rings is 1. The third kappa shape index (κ3) is 8.03. The first-order valence-electron chi connectivity index (χ1n) is 13.6. The maximum Gasteiger partial charge on any atom is 0.303 e. The van der Waals surface area contributed by atoms with Crippen LogP contribution in [0, 0.1) is 5.92 Å². The number of hydrogen-bond acceptors (Lipinski definition) is 4. The standard InChI is InChI=1S/C33H38N2O2S/c1-3-8-29(21-32-35-31(23-38-32)28-10-5-4-6-11-28)27-12-7-9-25(14-15-27)22-34-30-18-13-24(2)26(16-19-30)17-20-33(36)37/h4-7,9-11,13-16,19,23,29,34H,3,8,12,17-18,20-22H2,1-2H3,(H,36,37). The molecule has 0 bridgehead atoms. The number of carbonyl (C=O) groups is 1. The second-order valence-electron chi connectivity index (χ2n) is 9.99. The molecule has 1 aromatic heterocycles. The molecule has 4 nitrogen and oxygen atoms in total. The molecule has 0 amide bonds. The molecule has 2 aromatic rings. The van der Waals surface area contributed by atoms with E-state index in [1.807, 2.05) is 6.07 Å². The smallest absolute Gasteiger partial charge is 0.303 e. The highest BCUT2D eigenvalue weighted by Crippen LogP contribution is 2.30. The van der Waals surface area contributed by atoms with Gasteiger partial charge in [0.05, 0.1) is 10.7 Å². The predicted molar refractivity (Wildman–Crippen MR) is 159 cm³/mol. The fourth-order valence-corrected chi connectivity index (χ4v) is 5.78. The van der Waals surface area contributed by atoms with Crippen LogP contribution in [0.4, 0.5) is 0 Å². The van der Waals surface area contributed by atoms with E-state index in [4.69, 9.17) is 10.1 Å². The van der Waals surface area contributed by atoms with Gasteiger partial charge in [-0.1, -0.05) is 91.3 Å². The lowest BCUT2D eigenvalue weighted by Crippen LogP contribution is -2.15. The molecule has 1 atom stereocenters. The number of nitrogens with one attached hydrogen (secondary N) is 1. The largest absolute Gasteiger partial charge is 0.481 e. The number of allylic oxidation sites excluding steroid dienone is 9. The van der Waals surface area contributed by atoms with Crippen molar-refractivity contribution in [3.8, 4) is 11.3 Å². The minimum atomic E-state index is -0.755. The molecular formula is C33H38N2O2S. The topological polar surface area (TPSA) is 62.2 Å². The summed E-state index contributed by atoms with van der Waals surface area (Å²) in [5, 5.41) is 16.0. The molecule has 198 valence electrons. The van der Waals surface area contributed by atoms with Crippen molar-refractivity contribution in [2.45, 2.75) is 58.8 Å². The second kappa shape index (κ2) is 13.9. The van der Waals surface area contributed by atoms with Crippen LogP contribution in [0.15, 0.2) is 106 Å². The van der Waals surface area contributed by atoms with Crippen molar-refractivity contribution in [2.75, 3.05) is 6.54 Å². The van der Waals surface area contributed by atoms with E-state index in [1.165, 1.54) is 27.3 Å². The van der Waals surface area contributed by atoms with Gasteiger partial charge in [0, 0.05) is 42.4 Å². The second-order valence-corrected chi connectivity index (χ2v) is 10.9. The van der Waals surface area contributed by atoms with E-state index in [1.54, 1.807) is 11.3 Å². The van der Waals surface area contributed by atoms with Gasteiger partial charge in [0.15, 0.2) is 0 Å². The summed E-state index contributed by atoms with van der Waals surface area (Å²) in [6, 6.07) is 10.4. The maximum absolute atomic E-state index is 11.0. The Labute approximate surface area is 230 Å². The normalized spacial score (nSPS) is 16.3. The van der Waals surface area contributed by atoms with Crippen LogP contribution in [0.5, 0.6) is 0 Å². The molecule has 1 aromatic carbocycles. The molecule has 0 saturated carbocycles. The number of rotatable bonds is 12. The highest BCUT2D eigenvalue weighted by molar-refractivity contribution is 7.09. The van der Waals surface area contributed by atoms with Crippen LogP contribution in [-0.4, -0.2) is 22.6 Å². The number of benzene rings is 1. The maximum atomic E-state index is 11.0. The molecule has 2 aliphatic carbocycles. The summed E-state index contributed by atoms with van der Waals surface area (Å²) in [7, 11) is 0. The lowest BCUT2D eigenvalue weighted by atomic mass is 9.89. The fraction of sp³-hybridized carbons (Fsp3) is 0.333. The lowest BCUT2D eigenvalue weighted by molar-refractivity contribution is -0.136. The lowest BCUT2D eigenvalue weighted by Gasteiger charge is -2.17. The molecule has 0 saturated heterocycles. The van der Waals surface area contributed by atoms with E-state index >= 15 is 0 Å². The van der Waals surface area contributed by atoms with E-state index in [-0.39, 0.29) is 6.42 Å². The van der Waals surface area contributed by atoms with Crippen molar-refractivity contribution < 1.29 is 9.90 Å². The van der Waals surface area contributed by atoms with Crippen LogP contribution in [0.1, 0.15) is 57.4 Å². The zero-order valence-corrected chi connectivity index (χ0v) is 23.3. The van der Waals surface area contributed by atoms with E-state index in [2.05, 4.69) is 91.3 Å². The third-order valence-electron chi connectivity index (χ3n) is 7.15. The average Bonchev–Trinajstić information content (AvgIpc) is 3.15. The summed E-state index contributed by atoms with van der Waals surface area (Å²) in [6.45, 7) is 5.09. The van der Waals surface area contributed by atoms with Gasteiger partial charge >= 0.3 is 5.97 Å². The first kappa shape index (κ1) is 27.6. The zero-order chi connectivity index (χ0) is 26.7. The van der Waals surface area contributed by atoms with Crippen molar-refractivity contribution in [3.63, 3.8) is 0 Å². The number of carboxylic acids is 1. The number of aliphatic carboxylic acids is 1. The van der Waals surface area contributed by atoms with Crippen LogP contribution in [0.3, 0.4) is 0 Å². The van der Waals surface area contributed by atoms with Gasteiger partial charge < -0.3 is 10.4 Å². The Morgan fingerprint density at radius 3 is 2.76 bits per heavy atom. The van der Waals surface area contributed by atoms with E-state index < -0.39 is 5.97 Å². The zero-order valence-electron chi connectivity index (χ0n) is 22.5. The first-order valence-corrected chi connectivity index (χ1v) is 14.5. The Kier molecular flexibility index (Phi) is 10.1. The number of aromatic nitrogens is 1.